The Bertz CT molecular complexity index is 805. The maximum absolute atomic E-state index is 13.9. The molecule has 0 aliphatic carbocycles. The van der Waals surface area contributed by atoms with Crippen LogP contribution in [0.15, 0.2) is 47.6 Å². The summed E-state index contributed by atoms with van der Waals surface area (Å²) in [4.78, 5) is 7.73. The van der Waals surface area contributed by atoms with Crippen molar-refractivity contribution in [2.75, 3.05) is 36.0 Å². The zero-order valence-corrected chi connectivity index (χ0v) is 13.2. The topological polar surface area (TPSA) is 79.5 Å². The molecule has 1 aromatic carbocycles. The summed E-state index contributed by atoms with van der Waals surface area (Å²) in [5.74, 6) is -0.255. The fourth-order valence-electron chi connectivity index (χ4n) is 2.75. The number of benzene rings is 1. The first-order chi connectivity index (χ1) is 11.0. The molecule has 0 bridgehead atoms. The van der Waals surface area contributed by atoms with E-state index in [9.17, 15) is 12.8 Å². The summed E-state index contributed by atoms with van der Waals surface area (Å²) in [5.41, 5.74) is 1.10. The quantitative estimate of drug-likeness (QED) is 0.911. The molecule has 6 nitrogen and oxygen atoms in total. The molecule has 1 aliphatic heterocycles. The highest BCUT2D eigenvalue weighted by Crippen LogP contribution is 2.26. The van der Waals surface area contributed by atoms with Crippen molar-refractivity contribution in [3.63, 3.8) is 0 Å². The van der Waals surface area contributed by atoms with Crippen LogP contribution in [0.5, 0.6) is 0 Å². The van der Waals surface area contributed by atoms with Gasteiger partial charge in [-0.1, -0.05) is 12.1 Å². The van der Waals surface area contributed by atoms with Gasteiger partial charge in [0.2, 0.25) is 10.0 Å². The third kappa shape index (κ3) is 3.27. The number of primary sulfonamides is 1. The van der Waals surface area contributed by atoms with Crippen LogP contribution in [-0.4, -0.2) is 39.6 Å². The molecule has 0 radical (unpaired) electrons. The Morgan fingerprint density at radius 1 is 1.00 bits per heavy atom. The molecule has 0 atom stereocenters. The molecule has 122 valence electrons. The second-order valence-corrected chi connectivity index (χ2v) is 6.84. The third-order valence-corrected chi connectivity index (χ3v) is 4.81. The van der Waals surface area contributed by atoms with Gasteiger partial charge in [-0.15, -0.1) is 0 Å². The Kier molecular flexibility index (Phi) is 4.18. The smallest absolute Gasteiger partial charge is 0.241 e. The van der Waals surface area contributed by atoms with Crippen molar-refractivity contribution in [3.8, 4) is 0 Å². The summed E-state index contributed by atoms with van der Waals surface area (Å²) in [6.45, 7) is 2.32. The first-order valence-corrected chi connectivity index (χ1v) is 8.73. The summed E-state index contributed by atoms with van der Waals surface area (Å²) < 4.78 is 37.2. The van der Waals surface area contributed by atoms with E-state index >= 15 is 0 Å². The van der Waals surface area contributed by atoms with Crippen molar-refractivity contribution in [2.45, 2.75) is 4.90 Å². The average molecular weight is 336 g/mol. The number of hydrogen-bond donors (Lipinski definition) is 1. The molecule has 0 saturated carbocycles. The fourth-order valence-corrected chi connectivity index (χ4v) is 3.45. The number of pyridine rings is 1. The van der Waals surface area contributed by atoms with Crippen LogP contribution < -0.4 is 14.9 Å². The number of nitrogens with two attached hydrogens (primary N) is 1. The predicted molar refractivity (Wildman–Crippen MR) is 86.4 cm³/mol. The summed E-state index contributed by atoms with van der Waals surface area (Å²) >= 11 is 0. The number of piperazine rings is 1. The van der Waals surface area contributed by atoms with Gasteiger partial charge < -0.3 is 9.80 Å². The minimum atomic E-state index is -3.83. The Labute approximate surface area is 134 Å². The number of para-hydroxylation sites is 1. The fraction of sp³-hybridized carbons (Fsp3) is 0.267. The van der Waals surface area contributed by atoms with Crippen molar-refractivity contribution in [1.82, 2.24) is 4.98 Å². The van der Waals surface area contributed by atoms with Crippen LogP contribution in [0.4, 0.5) is 15.8 Å². The van der Waals surface area contributed by atoms with Gasteiger partial charge in [0.05, 0.1) is 11.4 Å². The van der Waals surface area contributed by atoms with Crippen molar-refractivity contribution in [1.29, 1.82) is 0 Å². The van der Waals surface area contributed by atoms with E-state index in [1.54, 1.807) is 24.3 Å². The number of halogens is 1. The van der Waals surface area contributed by atoms with Crippen molar-refractivity contribution >= 4 is 21.4 Å². The Hall–Kier alpha value is -2.19. The average Bonchev–Trinajstić information content (AvgIpc) is 2.55. The SMILES string of the molecule is NS(=O)(=O)c1cnccc1N1CCN(c2ccccc2F)CC1. The monoisotopic (exact) mass is 336 g/mol. The number of hydrogen-bond acceptors (Lipinski definition) is 5. The lowest BCUT2D eigenvalue weighted by Crippen LogP contribution is -2.47. The van der Waals surface area contributed by atoms with Crippen LogP contribution in [0.3, 0.4) is 0 Å². The van der Waals surface area contributed by atoms with Crippen LogP contribution in [0.1, 0.15) is 0 Å². The number of nitrogens with zero attached hydrogens (tertiary/aromatic N) is 3. The maximum atomic E-state index is 13.9. The lowest BCUT2D eigenvalue weighted by molar-refractivity contribution is 0.590. The molecular formula is C15H17FN4O2S. The Morgan fingerprint density at radius 2 is 1.61 bits per heavy atom. The largest absolute Gasteiger partial charge is 0.367 e. The summed E-state index contributed by atoms with van der Waals surface area (Å²) in [6, 6.07) is 8.27. The highest BCUT2D eigenvalue weighted by atomic mass is 32.2. The molecule has 2 aromatic rings. The third-order valence-electron chi connectivity index (χ3n) is 3.88. The molecule has 1 aliphatic rings. The van der Waals surface area contributed by atoms with Crippen LogP contribution in [0, 0.1) is 5.82 Å². The minimum absolute atomic E-state index is 0.0133. The zero-order valence-electron chi connectivity index (χ0n) is 12.4. The summed E-state index contributed by atoms with van der Waals surface area (Å²) in [5, 5.41) is 5.25. The van der Waals surface area contributed by atoms with E-state index in [2.05, 4.69) is 4.98 Å². The van der Waals surface area contributed by atoms with Crippen molar-refractivity contribution < 1.29 is 12.8 Å². The molecule has 0 unspecified atom stereocenters. The van der Waals surface area contributed by atoms with E-state index in [1.165, 1.54) is 18.5 Å². The number of rotatable bonds is 3. The maximum Gasteiger partial charge on any atom is 0.241 e. The second-order valence-electron chi connectivity index (χ2n) is 5.31. The molecule has 1 saturated heterocycles. The molecule has 2 N–H and O–H groups in total. The molecule has 1 fully saturated rings. The van der Waals surface area contributed by atoms with Gasteiger partial charge in [0.1, 0.15) is 10.7 Å². The van der Waals surface area contributed by atoms with E-state index in [-0.39, 0.29) is 10.7 Å². The normalized spacial score (nSPS) is 15.7. The van der Waals surface area contributed by atoms with E-state index in [1.807, 2.05) is 9.80 Å². The van der Waals surface area contributed by atoms with Gasteiger partial charge in [0.15, 0.2) is 0 Å². The van der Waals surface area contributed by atoms with E-state index in [0.717, 1.165) is 0 Å². The predicted octanol–water partition coefficient (Wildman–Crippen LogP) is 1.19. The molecule has 2 heterocycles. The molecule has 3 rings (SSSR count). The zero-order chi connectivity index (χ0) is 16.4. The number of anilines is 2. The highest BCUT2D eigenvalue weighted by Gasteiger charge is 2.24. The van der Waals surface area contributed by atoms with Gasteiger partial charge in [-0.2, -0.15) is 0 Å². The van der Waals surface area contributed by atoms with Crippen LogP contribution in [0.2, 0.25) is 0 Å². The van der Waals surface area contributed by atoms with E-state index in [0.29, 0.717) is 37.6 Å². The van der Waals surface area contributed by atoms with Gasteiger partial charge in [0, 0.05) is 38.6 Å². The van der Waals surface area contributed by atoms with Crippen LogP contribution in [-0.2, 0) is 10.0 Å². The summed E-state index contributed by atoms with van der Waals surface area (Å²) in [7, 11) is -3.83. The molecule has 8 heteroatoms. The van der Waals surface area contributed by atoms with E-state index < -0.39 is 10.0 Å². The summed E-state index contributed by atoms with van der Waals surface area (Å²) in [6.07, 6.45) is 2.79. The van der Waals surface area contributed by atoms with Crippen molar-refractivity contribution in [2.24, 2.45) is 5.14 Å². The van der Waals surface area contributed by atoms with E-state index in [4.69, 9.17) is 5.14 Å². The molecule has 0 amide bonds. The molecule has 0 spiro atoms. The Morgan fingerprint density at radius 3 is 2.22 bits per heavy atom. The molecule has 23 heavy (non-hydrogen) atoms. The second kappa shape index (κ2) is 6.13. The first kappa shape index (κ1) is 15.7. The minimum Gasteiger partial charge on any atom is -0.367 e. The van der Waals surface area contributed by atoms with Gasteiger partial charge in [0.25, 0.3) is 0 Å². The highest BCUT2D eigenvalue weighted by molar-refractivity contribution is 7.89. The van der Waals surface area contributed by atoms with Crippen LogP contribution in [0.25, 0.3) is 0 Å². The number of sulfonamides is 1. The lowest BCUT2D eigenvalue weighted by atomic mass is 10.2. The van der Waals surface area contributed by atoms with Gasteiger partial charge >= 0.3 is 0 Å². The van der Waals surface area contributed by atoms with Gasteiger partial charge in [-0.05, 0) is 18.2 Å². The first-order valence-electron chi connectivity index (χ1n) is 7.18. The van der Waals surface area contributed by atoms with Crippen molar-refractivity contribution in [3.05, 3.63) is 48.5 Å². The lowest BCUT2D eigenvalue weighted by Gasteiger charge is -2.37. The van der Waals surface area contributed by atoms with Gasteiger partial charge in [-0.3, -0.25) is 4.98 Å². The molecule has 1 aromatic heterocycles. The molecular weight excluding hydrogens is 319 g/mol. The van der Waals surface area contributed by atoms with Gasteiger partial charge in [-0.25, -0.2) is 17.9 Å². The Balaban J connectivity index is 1.79. The van der Waals surface area contributed by atoms with Crippen LogP contribution >= 0.6 is 0 Å². The standard InChI is InChI=1S/C15H17FN4O2S/c16-12-3-1-2-4-13(12)19-7-9-20(10-8-19)14-5-6-18-11-15(14)23(17,21)22/h1-6,11H,7-10H2,(H2,17,21,22). The number of aromatic nitrogens is 1.